The third-order valence-electron chi connectivity index (χ3n) is 4.46. The minimum absolute atomic E-state index is 0.271. The summed E-state index contributed by atoms with van der Waals surface area (Å²) in [7, 11) is 0. The molecule has 0 saturated carbocycles. The van der Waals surface area contributed by atoms with Gasteiger partial charge < -0.3 is 19.9 Å². The molecule has 2 heterocycles. The van der Waals surface area contributed by atoms with E-state index < -0.39 is 0 Å². The minimum Gasteiger partial charge on any atom is -0.376 e. The van der Waals surface area contributed by atoms with Crippen LogP contribution in [0.5, 0.6) is 0 Å². The van der Waals surface area contributed by atoms with Gasteiger partial charge in [-0.15, -0.1) is 10.2 Å². The zero-order valence-corrected chi connectivity index (χ0v) is 15.8. The van der Waals surface area contributed by atoms with E-state index in [1.807, 2.05) is 0 Å². The maximum atomic E-state index is 5.78. The summed E-state index contributed by atoms with van der Waals surface area (Å²) in [5.74, 6) is 1.91. The highest BCUT2D eigenvalue weighted by Gasteiger charge is 2.13. The molecular formula is C18H34N6O. The summed E-state index contributed by atoms with van der Waals surface area (Å²) < 4.78 is 7.87. The van der Waals surface area contributed by atoms with E-state index in [1.165, 1.54) is 32.1 Å². The van der Waals surface area contributed by atoms with E-state index in [2.05, 4.69) is 39.2 Å². The van der Waals surface area contributed by atoms with Crippen LogP contribution in [0.3, 0.4) is 0 Å². The van der Waals surface area contributed by atoms with Gasteiger partial charge in [0.05, 0.1) is 12.6 Å². The van der Waals surface area contributed by atoms with Crippen LogP contribution in [0.25, 0.3) is 0 Å². The molecule has 0 spiro atoms. The Morgan fingerprint density at radius 3 is 2.92 bits per heavy atom. The lowest BCUT2D eigenvalue weighted by Gasteiger charge is -2.21. The maximum absolute atomic E-state index is 5.78. The van der Waals surface area contributed by atoms with Gasteiger partial charge in [0, 0.05) is 32.7 Å². The van der Waals surface area contributed by atoms with Gasteiger partial charge in [-0.2, -0.15) is 0 Å². The fourth-order valence-corrected chi connectivity index (χ4v) is 2.93. The standard InChI is InChI=1S/C18H34N6O/c1-3-5-7-10-19-18(21-14-16-9-6-8-13-25-16)20-11-12-24-15-22-23-17(24)4-2/h15-16H,3-14H2,1-2H3,(H2,19,20,21). The predicted molar refractivity (Wildman–Crippen MR) is 101 cm³/mol. The molecular weight excluding hydrogens is 316 g/mol. The summed E-state index contributed by atoms with van der Waals surface area (Å²) >= 11 is 0. The Morgan fingerprint density at radius 2 is 2.16 bits per heavy atom. The van der Waals surface area contributed by atoms with Crippen LogP contribution in [-0.4, -0.2) is 53.1 Å². The Hall–Kier alpha value is -1.63. The SMILES string of the molecule is CCCCCNC(=NCC1CCCCO1)NCCn1cnnc1CC. The first-order valence-corrected chi connectivity index (χ1v) is 9.84. The molecule has 0 radical (unpaired) electrons. The second-order valence-electron chi connectivity index (χ2n) is 6.53. The molecule has 0 bridgehead atoms. The summed E-state index contributed by atoms with van der Waals surface area (Å²) in [6.07, 6.45) is 10.1. The number of guanidine groups is 1. The molecule has 7 heteroatoms. The molecule has 0 aromatic carbocycles. The molecule has 2 N–H and O–H groups in total. The van der Waals surface area contributed by atoms with E-state index >= 15 is 0 Å². The third kappa shape index (κ3) is 7.42. The van der Waals surface area contributed by atoms with Crippen LogP contribution < -0.4 is 10.6 Å². The maximum Gasteiger partial charge on any atom is 0.191 e. The van der Waals surface area contributed by atoms with E-state index in [1.54, 1.807) is 6.33 Å². The lowest BCUT2D eigenvalue weighted by atomic mass is 10.1. The van der Waals surface area contributed by atoms with Gasteiger partial charge in [0.2, 0.25) is 0 Å². The third-order valence-corrected chi connectivity index (χ3v) is 4.46. The molecule has 1 aromatic heterocycles. The molecule has 1 saturated heterocycles. The van der Waals surface area contributed by atoms with Gasteiger partial charge in [-0.3, -0.25) is 4.99 Å². The number of nitrogens with zero attached hydrogens (tertiary/aromatic N) is 4. The molecule has 2 rings (SSSR count). The number of ether oxygens (including phenoxy) is 1. The normalized spacial score (nSPS) is 18.3. The summed E-state index contributed by atoms with van der Waals surface area (Å²) in [6, 6.07) is 0. The van der Waals surface area contributed by atoms with Crippen molar-refractivity contribution in [2.75, 3.05) is 26.2 Å². The summed E-state index contributed by atoms with van der Waals surface area (Å²) in [6.45, 7) is 8.52. The second kappa shape index (κ2) is 11.8. The van der Waals surface area contributed by atoms with E-state index in [9.17, 15) is 0 Å². The lowest BCUT2D eigenvalue weighted by molar-refractivity contribution is 0.0224. The van der Waals surface area contributed by atoms with Gasteiger partial charge in [0.25, 0.3) is 0 Å². The van der Waals surface area contributed by atoms with E-state index in [0.717, 1.165) is 57.4 Å². The van der Waals surface area contributed by atoms with Crippen LogP contribution in [0.4, 0.5) is 0 Å². The van der Waals surface area contributed by atoms with Gasteiger partial charge >= 0.3 is 0 Å². The molecule has 1 atom stereocenters. The highest BCUT2D eigenvalue weighted by Crippen LogP contribution is 2.12. The van der Waals surface area contributed by atoms with E-state index in [-0.39, 0.29) is 6.10 Å². The Kier molecular flexibility index (Phi) is 9.33. The second-order valence-corrected chi connectivity index (χ2v) is 6.53. The first-order chi connectivity index (χ1) is 12.3. The van der Waals surface area contributed by atoms with Gasteiger partial charge in [0.1, 0.15) is 12.2 Å². The van der Waals surface area contributed by atoms with Crippen LogP contribution in [0.15, 0.2) is 11.3 Å². The van der Waals surface area contributed by atoms with Gasteiger partial charge in [-0.05, 0) is 25.7 Å². The average molecular weight is 351 g/mol. The molecule has 25 heavy (non-hydrogen) atoms. The van der Waals surface area contributed by atoms with Crippen molar-refractivity contribution in [3.8, 4) is 0 Å². The number of aryl methyl sites for hydroxylation is 1. The number of hydrogen-bond donors (Lipinski definition) is 2. The number of aliphatic imine (C=N–C) groups is 1. The molecule has 1 aromatic rings. The van der Waals surface area contributed by atoms with E-state index in [4.69, 9.17) is 9.73 Å². The van der Waals surface area contributed by atoms with Gasteiger partial charge in [-0.25, -0.2) is 0 Å². The number of hydrogen-bond acceptors (Lipinski definition) is 4. The van der Waals surface area contributed by atoms with Crippen molar-refractivity contribution >= 4 is 5.96 Å². The summed E-state index contributed by atoms with van der Waals surface area (Å²) in [5, 5.41) is 15.0. The van der Waals surface area contributed by atoms with Crippen LogP contribution in [0.2, 0.25) is 0 Å². The Morgan fingerprint density at radius 1 is 1.28 bits per heavy atom. The largest absolute Gasteiger partial charge is 0.376 e. The average Bonchev–Trinajstić information content (AvgIpc) is 3.11. The first kappa shape index (κ1) is 19.7. The minimum atomic E-state index is 0.271. The number of aromatic nitrogens is 3. The van der Waals surface area contributed by atoms with Gasteiger partial charge in [0.15, 0.2) is 5.96 Å². The Balaban J connectivity index is 1.79. The highest BCUT2D eigenvalue weighted by atomic mass is 16.5. The smallest absolute Gasteiger partial charge is 0.191 e. The van der Waals surface area contributed by atoms with Crippen molar-refractivity contribution in [2.45, 2.75) is 71.4 Å². The molecule has 142 valence electrons. The Bertz CT molecular complexity index is 496. The zero-order chi connectivity index (χ0) is 17.7. The van der Waals surface area contributed by atoms with Crippen LogP contribution >= 0.6 is 0 Å². The molecule has 1 unspecified atom stereocenters. The molecule has 0 aliphatic carbocycles. The van der Waals surface area contributed by atoms with Crippen molar-refractivity contribution in [1.82, 2.24) is 25.4 Å². The van der Waals surface area contributed by atoms with Crippen LogP contribution in [-0.2, 0) is 17.7 Å². The predicted octanol–water partition coefficient (Wildman–Crippen LogP) is 2.13. The Labute approximate surface area is 151 Å². The van der Waals surface area contributed by atoms with E-state index in [0.29, 0.717) is 0 Å². The molecule has 0 amide bonds. The number of rotatable bonds is 10. The number of unbranched alkanes of at least 4 members (excludes halogenated alkanes) is 2. The van der Waals surface area contributed by atoms with Gasteiger partial charge in [-0.1, -0.05) is 26.7 Å². The van der Waals surface area contributed by atoms with Crippen molar-refractivity contribution < 1.29 is 4.74 Å². The number of nitrogens with one attached hydrogen (secondary N) is 2. The molecule has 7 nitrogen and oxygen atoms in total. The fraction of sp³-hybridized carbons (Fsp3) is 0.833. The van der Waals surface area contributed by atoms with Crippen molar-refractivity contribution in [3.63, 3.8) is 0 Å². The molecule has 1 aliphatic rings. The fourth-order valence-electron chi connectivity index (χ4n) is 2.93. The lowest BCUT2D eigenvalue weighted by Crippen LogP contribution is -2.40. The highest BCUT2D eigenvalue weighted by molar-refractivity contribution is 5.79. The van der Waals surface area contributed by atoms with Crippen LogP contribution in [0.1, 0.15) is 58.2 Å². The summed E-state index contributed by atoms with van der Waals surface area (Å²) in [4.78, 5) is 4.74. The van der Waals surface area contributed by atoms with Crippen molar-refractivity contribution in [2.24, 2.45) is 4.99 Å². The zero-order valence-electron chi connectivity index (χ0n) is 15.8. The quantitative estimate of drug-likeness (QED) is 0.384. The van der Waals surface area contributed by atoms with Crippen molar-refractivity contribution in [1.29, 1.82) is 0 Å². The first-order valence-electron chi connectivity index (χ1n) is 9.84. The molecule has 1 aliphatic heterocycles. The van der Waals surface area contributed by atoms with Crippen molar-refractivity contribution in [3.05, 3.63) is 12.2 Å². The van der Waals surface area contributed by atoms with Crippen LogP contribution in [0, 0.1) is 0 Å². The summed E-state index contributed by atoms with van der Waals surface area (Å²) in [5.41, 5.74) is 0. The topological polar surface area (TPSA) is 76.4 Å². The molecule has 1 fully saturated rings. The monoisotopic (exact) mass is 350 g/mol.